The van der Waals surface area contributed by atoms with Crippen molar-refractivity contribution < 1.29 is 33.5 Å². The van der Waals surface area contributed by atoms with Gasteiger partial charge in [0, 0.05) is 12.3 Å². The topological polar surface area (TPSA) is 187 Å². The zero-order valence-electron chi connectivity index (χ0n) is 36.1. The number of allylic oxidation sites excluding steroid dienone is 1. The second kappa shape index (κ2) is 20.9. The lowest BCUT2D eigenvalue weighted by Gasteiger charge is -2.33. The zero-order valence-corrected chi connectivity index (χ0v) is 36.9. The predicted molar refractivity (Wildman–Crippen MR) is 231 cm³/mol. The van der Waals surface area contributed by atoms with E-state index in [0.717, 1.165) is 5.56 Å². The van der Waals surface area contributed by atoms with Gasteiger partial charge in [-0.15, -0.1) is 24.9 Å². The van der Waals surface area contributed by atoms with Crippen molar-refractivity contribution in [1.29, 1.82) is 0 Å². The molecule has 0 radical (unpaired) electrons. The maximum Gasteiger partial charge on any atom is 0.245 e. The number of fused-ring (bicyclic) bond motifs is 3. The number of nitrogens with one attached hydrogen (secondary N) is 6. The zero-order chi connectivity index (χ0) is 43.7. The Morgan fingerprint density at radius 2 is 1.53 bits per heavy atom. The number of ether oxygens (including phenoxy) is 1. The lowest BCUT2D eigenvalue weighted by molar-refractivity contribution is -0.142. The number of benzene rings is 1. The Labute approximate surface area is 354 Å². The van der Waals surface area contributed by atoms with Gasteiger partial charge in [-0.25, -0.2) is 0 Å². The molecule has 1 aromatic rings. The first-order valence-electron chi connectivity index (χ1n) is 21.0. The van der Waals surface area contributed by atoms with Crippen molar-refractivity contribution in [1.82, 2.24) is 36.8 Å². The largest absolute Gasteiger partial charge is 0.366 e. The molecular formula is C44H67N7O7S. The van der Waals surface area contributed by atoms with E-state index in [1.807, 2.05) is 58.0 Å². The third-order valence-electron chi connectivity index (χ3n) is 11.8. The van der Waals surface area contributed by atoms with Crippen molar-refractivity contribution in [2.24, 2.45) is 11.3 Å². The molecule has 0 saturated carbocycles. The normalized spacial score (nSPS) is 29.1. The Morgan fingerprint density at radius 3 is 2.17 bits per heavy atom. The van der Waals surface area contributed by atoms with E-state index in [9.17, 15) is 28.8 Å². The average molecular weight is 838 g/mol. The van der Waals surface area contributed by atoms with Crippen LogP contribution in [0.2, 0.25) is 0 Å². The van der Waals surface area contributed by atoms with E-state index in [2.05, 4.69) is 45.1 Å². The van der Waals surface area contributed by atoms with Crippen molar-refractivity contribution in [3.05, 3.63) is 61.2 Å². The summed E-state index contributed by atoms with van der Waals surface area (Å²) in [4.78, 5) is 86.5. The Hall–Kier alpha value is -4.21. The van der Waals surface area contributed by atoms with E-state index < -0.39 is 94.3 Å². The summed E-state index contributed by atoms with van der Waals surface area (Å²) in [6.07, 6.45) is 5.21. The summed E-state index contributed by atoms with van der Waals surface area (Å²) in [6, 6.07) is 3.33. The molecule has 2 bridgehead atoms. The third kappa shape index (κ3) is 12.9. The molecule has 3 saturated heterocycles. The number of thioether (sulfide) groups is 1. The summed E-state index contributed by atoms with van der Waals surface area (Å²) >= 11 is 1.48. The Balaban J connectivity index is 1.76. The molecule has 3 aliphatic rings. The van der Waals surface area contributed by atoms with Gasteiger partial charge in [-0.3, -0.25) is 34.1 Å². The van der Waals surface area contributed by atoms with Crippen LogP contribution in [0.3, 0.4) is 0 Å². The Morgan fingerprint density at radius 1 is 0.864 bits per heavy atom. The molecule has 0 aromatic heterocycles. The van der Waals surface area contributed by atoms with Crippen LogP contribution in [0.15, 0.2) is 55.6 Å². The highest BCUT2D eigenvalue weighted by Crippen LogP contribution is 2.27. The molecule has 0 aliphatic carbocycles. The van der Waals surface area contributed by atoms with Gasteiger partial charge in [0.05, 0.1) is 29.2 Å². The minimum Gasteiger partial charge on any atom is -0.366 e. The molecule has 0 spiro atoms. The van der Waals surface area contributed by atoms with Gasteiger partial charge in [-0.1, -0.05) is 76.6 Å². The van der Waals surface area contributed by atoms with E-state index in [1.165, 1.54) is 16.7 Å². The van der Waals surface area contributed by atoms with Crippen LogP contribution in [0, 0.1) is 11.3 Å². The van der Waals surface area contributed by atoms with Crippen LogP contribution in [-0.2, 0) is 39.9 Å². The van der Waals surface area contributed by atoms with Crippen LogP contribution >= 0.6 is 11.8 Å². The SMILES string of the molecule is C=CC(C)(C)CC[C@H]1NC(=O)[C@H]([C@@H](C)OC(C)(C)C=C)NC(=O)C2CSC(N2)[C@@H](Cc2ccccc2)NC(=O)[C@@H]2CCCN2C(=O)[C@H](C)NC(=O)[C@H]([C@@H](C)CC)NC1=O. The number of carbonyl (C=O) groups is 6. The monoisotopic (exact) mass is 837 g/mol. The van der Waals surface area contributed by atoms with Gasteiger partial charge in [-0.05, 0) is 76.7 Å². The fraction of sp³-hybridized carbons (Fsp3) is 0.636. The van der Waals surface area contributed by atoms with Gasteiger partial charge >= 0.3 is 0 Å². The van der Waals surface area contributed by atoms with E-state index in [0.29, 0.717) is 44.4 Å². The summed E-state index contributed by atoms with van der Waals surface area (Å²) in [5.41, 5.74) is -0.276. The van der Waals surface area contributed by atoms with Gasteiger partial charge in [0.2, 0.25) is 35.4 Å². The highest BCUT2D eigenvalue weighted by molar-refractivity contribution is 8.00. The van der Waals surface area contributed by atoms with Crippen LogP contribution in [0.25, 0.3) is 0 Å². The van der Waals surface area contributed by atoms with Crippen molar-refractivity contribution >= 4 is 47.2 Å². The number of amides is 6. The van der Waals surface area contributed by atoms with Crippen molar-refractivity contribution in [2.75, 3.05) is 12.3 Å². The van der Waals surface area contributed by atoms with Gasteiger partial charge in [0.25, 0.3) is 0 Å². The first kappa shape index (κ1) is 47.5. The number of carbonyl (C=O) groups excluding carboxylic acids is 6. The number of hydrogen-bond donors (Lipinski definition) is 6. The number of hydrogen-bond acceptors (Lipinski definition) is 9. The molecule has 3 fully saturated rings. The standard InChI is InChI=1S/C44H67N7O7S/c1-11-26(4)34-39(55)45-27(5)42(57)51-23-17-20-33(51)38(54)47-31(24-29-18-15-14-16-19-29)41-48-32(25-59-41)37(53)50-35(28(6)58-44(9,10)13-3)40(56)46-30(36(52)49-34)21-22-43(7,8)12-2/h12-16,18-19,26-28,30-35,41,48H,2-3,11,17,20-25H2,1,4-10H3,(H,45,55)(H,46,56)(H,47,54)(H,49,52)(H,50,53)/t26-,27-,28+,30+,31+,32?,33-,34-,35-,41?/m0/s1. The van der Waals surface area contributed by atoms with Crippen LogP contribution in [0.4, 0.5) is 0 Å². The minimum absolute atomic E-state index is 0.192. The quantitative estimate of drug-likeness (QED) is 0.172. The van der Waals surface area contributed by atoms with Crippen molar-refractivity contribution in [3.63, 3.8) is 0 Å². The van der Waals surface area contributed by atoms with Crippen LogP contribution in [0.5, 0.6) is 0 Å². The lowest BCUT2D eigenvalue weighted by Crippen LogP contribution is -2.62. The molecule has 1 aromatic carbocycles. The van der Waals surface area contributed by atoms with Gasteiger partial charge < -0.3 is 36.2 Å². The lowest BCUT2D eigenvalue weighted by atomic mass is 9.86. The second-order valence-electron chi connectivity index (χ2n) is 17.5. The van der Waals surface area contributed by atoms with Gasteiger partial charge in [0.1, 0.15) is 30.2 Å². The van der Waals surface area contributed by atoms with Crippen LogP contribution < -0.4 is 31.9 Å². The molecule has 59 heavy (non-hydrogen) atoms. The van der Waals surface area contributed by atoms with E-state index in [1.54, 1.807) is 39.8 Å². The average Bonchev–Trinajstić information content (AvgIpc) is 3.91. The van der Waals surface area contributed by atoms with Crippen LogP contribution in [-0.4, -0.2) is 112 Å². The minimum atomic E-state index is -1.24. The fourth-order valence-electron chi connectivity index (χ4n) is 7.53. The van der Waals surface area contributed by atoms with Crippen molar-refractivity contribution in [3.8, 4) is 0 Å². The molecule has 326 valence electrons. The highest BCUT2D eigenvalue weighted by atomic mass is 32.2. The maximum atomic E-state index is 14.4. The fourth-order valence-corrected chi connectivity index (χ4v) is 8.83. The van der Waals surface area contributed by atoms with E-state index in [4.69, 9.17) is 4.74 Å². The molecule has 10 atom stereocenters. The highest BCUT2D eigenvalue weighted by Gasteiger charge is 2.43. The number of rotatable bonds is 12. The summed E-state index contributed by atoms with van der Waals surface area (Å²) < 4.78 is 6.25. The smallest absolute Gasteiger partial charge is 0.245 e. The predicted octanol–water partition coefficient (Wildman–Crippen LogP) is 3.12. The molecule has 15 heteroatoms. The first-order valence-corrected chi connectivity index (χ1v) is 22.0. The molecule has 3 aliphatic heterocycles. The Bertz CT molecular complexity index is 1690. The molecule has 6 N–H and O–H groups in total. The molecule has 2 unspecified atom stereocenters. The second-order valence-corrected chi connectivity index (χ2v) is 18.7. The number of nitrogens with zero attached hydrogens (tertiary/aromatic N) is 1. The molecule has 3 heterocycles. The Kier molecular flexibility index (Phi) is 16.8. The summed E-state index contributed by atoms with van der Waals surface area (Å²) in [5.74, 6) is -2.97. The van der Waals surface area contributed by atoms with E-state index in [-0.39, 0.29) is 18.2 Å². The van der Waals surface area contributed by atoms with E-state index >= 15 is 0 Å². The first-order chi connectivity index (χ1) is 27.8. The summed E-state index contributed by atoms with van der Waals surface area (Å²) in [5, 5.41) is 17.7. The van der Waals surface area contributed by atoms with Gasteiger partial charge in [-0.2, -0.15) is 0 Å². The summed E-state index contributed by atoms with van der Waals surface area (Å²) in [7, 11) is 0. The molecular weight excluding hydrogens is 771 g/mol. The van der Waals surface area contributed by atoms with Gasteiger partial charge in [0.15, 0.2) is 0 Å². The summed E-state index contributed by atoms with van der Waals surface area (Å²) in [6.45, 7) is 22.6. The maximum absolute atomic E-state index is 14.4. The molecule has 6 amide bonds. The molecule has 14 nitrogen and oxygen atoms in total. The van der Waals surface area contributed by atoms with Crippen molar-refractivity contribution in [2.45, 2.75) is 153 Å². The van der Waals surface area contributed by atoms with Crippen LogP contribution in [0.1, 0.15) is 93.1 Å². The third-order valence-corrected chi connectivity index (χ3v) is 13.1. The molecule has 4 rings (SSSR count).